The summed E-state index contributed by atoms with van der Waals surface area (Å²) in [6, 6.07) is 12.1. The molecule has 1 N–H and O–H groups in total. The van der Waals surface area contributed by atoms with Crippen LogP contribution in [0.5, 0.6) is 0 Å². The van der Waals surface area contributed by atoms with Crippen LogP contribution in [0.3, 0.4) is 0 Å². The number of benzene rings is 2. The average molecular weight is 406 g/mol. The average Bonchev–Trinajstić information content (AvgIpc) is 2.68. The molecule has 0 aliphatic carbocycles. The first-order chi connectivity index (χ1) is 13.5. The van der Waals surface area contributed by atoms with Crippen molar-refractivity contribution in [2.24, 2.45) is 0 Å². The third-order valence-corrected chi connectivity index (χ3v) is 5.68. The molecular formula is C21H25F2N3OS. The van der Waals surface area contributed by atoms with Gasteiger partial charge < -0.3 is 15.1 Å². The lowest BCUT2D eigenvalue weighted by atomic mass is 10.1. The number of hydrogen-bond donors (Lipinski definition) is 1. The van der Waals surface area contributed by atoms with Crippen molar-refractivity contribution in [3.05, 3.63) is 53.6 Å². The molecule has 1 fully saturated rings. The van der Waals surface area contributed by atoms with Crippen LogP contribution < -0.4 is 10.2 Å². The highest BCUT2D eigenvalue weighted by Crippen LogP contribution is 2.27. The van der Waals surface area contributed by atoms with Crippen LogP contribution in [0, 0.1) is 6.92 Å². The zero-order valence-corrected chi connectivity index (χ0v) is 16.9. The van der Waals surface area contributed by atoms with Crippen molar-refractivity contribution in [3.8, 4) is 0 Å². The Balaban J connectivity index is 1.63. The van der Waals surface area contributed by atoms with Gasteiger partial charge in [0, 0.05) is 48.0 Å². The highest BCUT2D eigenvalue weighted by Gasteiger charge is 2.17. The number of piperazine rings is 1. The maximum absolute atomic E-state index is 12.4. The van der Waals surface area contributed by atoms with Gasteiger partial charge in [-0.15, -0.1) is 0 Å². The molecule has 7 heteroatoms. The Labute approximate surface area is 168 Å². The number of nitrogens with zero attached hydrogens (tertiary/aromatic N) is 2. The number of rotatable bonds is 6. The highest BCUT2D eigenvalue weighted by atomic mass is 32.2. The van der Waals surface area contributed by atoms with E-state index >= 15 is 0 Å². The van der Waals surface area contributed by atoms with Crippen molar-refractivity contribution < 1.29 is 13.6 Å². The molecule has 2 aromatic rings. The van der Waals surface area contributed by atoms with Gasteiger partial charge in [0.05, 0.1) is 0 Å². The molecule has 3 rings (SSSR count). The van der Waals surface area contributed by atoms with Gasteiger partial charge in [0.25, 0.3) is 11.7 Å². The molecular weight excluding hydrogens is 380 g/mol. The number of alkyl halides is 2. The molecule has 4 nitrogen and oxygen atoms in total. The van der Waals surface area contributed by atoms with Gasteiger partial charge >= 0.3 is 0 Å². The van der Waals surface area contributed by atoms with Crippen LogP contribution in [0.25, 0.3) is 0 Å². The van der Waals surface area contributed by atoms with Gasteiger partial charge in [-0.2, -0.15) is 8.78 Å². The Bertz CT molecular complexity index is 806. The van der Waals surface area contributed by atoms with E-state index in [4.69, 9.17) is 0 Å². The molecule has 1 saturated heterocycles. The summed E-state index contributed by atoms with van der Waals surface area (Å²) in [7, 11) is 0. The van der Waals surface area contributed by atoms with E-state index in [0.29, 0.717) is 22.2 Å². The van der Waals surface area contributed by atoms with E-state index in [1.54, 1.807) is 12.1 Å². The lowest BCUT2D eigenvalue weighted by Crippen LogP contribution is -2.46. The molecule has 1 amide bonds. The van der Waals surface area contributed by atoms with E-state index in [1.165, 1.54) is 17.8 Å². The second kappa shape index (κ2) is 9.39. The Morgan fingerprint density at radius 1 is 1.11 bits per heavy atom. The first kappa shape index (κ1) is 20.6. The van der Waals surface area contributed by atoms with Gasteiger partial charge in [-0.05, 0) is 61.5 Å². The molecule has 0 unspecified atom stereocenters. The Hall–Kier alpha value is -2.12. The lowest BCUT2D eigenvalue weighted by Gasteiger charge is -2.36. The number of thioether (sulfide) groups is 1. The number of nitrogens with one attached hydrogen (secondary N) is 1. The summed E-state index contributed by atoms with van der Waals surface area (Å²) < 4.78 is 24.8. The van der Waals surface area contributed by atoms with Crippen molar-refractivity contribution in [2.45, 2.75) is 24.5 Å². The molecule has 0 spiro atoms. The summed E-state index contributed by atoms with van der Waals surface area (Å²) in [6.45, 7) is 9.45. The van der Waals surface area contributed by atoms with Crippen LogP contribution in [0.4, 0.5) is 20.2 Å². The van der Waals surface area contributed by atoms with Gasteiger partial charge in [0.1, 0.15) is 0 Å². The molecule has 0 atom stereocenters. The summed E-state index contributed by atoms with van der Waals surface area (Å²) in [4.78, 5) is 17.7. The zero-order valence-electron chi connectivity index (χ0n) is 16.1. The van der Waals surface area contributed by atoms with Gasteiger partial charge in [0.15, 0.2) is 0 Å². The van der Waals surface area contributed by atoms with Gasteiger partial charge in [-0.1, -0.05) is 18.7 Å². The lowest BCUT2D eigenvalue weighted by molar-refractivity contribution is 0.102. The number of hydrogen-bond acceptors (Lipinski definition) is 4. The molecule has 28 heavy (non-hydrogen) atoms. The molecule has 150 valence electrons. The number of amides is 1. The van der Waals surface area contributed by atoms with Crippen molar-refractivity contribution in [1.29, 1.82) is 0 Å². The smallest absolute Gasteiger partial charge is 0.288 e. The summed E-state index contributed by atoms with van der Waals surface area (Å²) in [5, 5.41) is 2.88. The fraction of sp³-hybridized carbons (Fsp3) is 0.381. The van der Waals surface area contributed by atoms with Crippen molar-refractivity contribution in [2.75, 3.05) is 42.9 Å². The molecule has 1 aliphatic heterocycles. The molecule has 0 aromatic heterocycles. The maximum atomic E-state index is 12.4. The van der Waals surface area contributed by atoms with Gasteiger partial charge in [0.2, 0.25) is 0 Å². The Morgan fingerprint density at radius 3 is 2.36 bits per heavy atom. The van der Waals surface area contributed by atoms with Gasteiger partial charge in [-0.25, -0.2) is 0 Å². The van der Waals surface area contributed by atoms with Crippen molar-refractivity contribution in [1.82, 2.24) is 4.90 Å². The fourth-order valence-electron chi connectivity index (χ4n) is 3.38. The standard InChI is InChI=1S/C21H25F2N3OS/c1-3-25-10-12-26(13-11-25)19-9-6-17(14-15(19)2)24-20(27)16-4-7-18(8-5-16)28-21(22)23/h4-9,14,21H,3,10-13H2,1-2H3,(H,24,27). The Morgan fingerprint density at radius 2 is 1.79 bits per heavy atom. The van der Waals surface area contributed by atoms with E-state index in [2.05, 4.69) is 28.1 Å². The van der Waals surface area contributed by atoms with E-state index in [9.17, 15) is 13.6 Å². The number of carbonyl (C=O) groups is 1. The summed E-state index contributed by atoms with van der Waals surface area (Å²) in [6.07, 6.45) is 0. The minimum Gasteiger partial charge on any atom is -0.369 e. The normalized spacial score (nSPS) is 15.1. The topological polar surface area (TPSA) is 35.6 Å². The molecule has 1 aliphatic rings. The van der Waals surface area contributed by atoms with E-state index in [1.807, 2.05) is 19.1 Å². The van der Waals surface area contributed by atoms with Crippen LogP contribution in [0.15, 0.2) is 47.4 Å². The zero-order chi connectivity index (χ0) is 20.1. The van der Waals surface area contributed by atoms with Gasteiger partial charge in [-0.3, -0.25) is 4.79 Å². The summed E-state index contributed by atoms with van der Waals surface area (Å²) in [5.74, 6) is -2.72. The monoisotopic (exact) mass is 405 g/mol. The van der Waals surface area contributed by atoms with Crippen LogP contribution in [-0.2, 0) is 0 Å². The van der Waals surface area contributed by atoms with E-state index < -0.39 is 5.76 Å². The SMILES string of the molecule is CCN1CCN(c2ccc(NC(=O)c3ccc(SC(F)F)cc3)cc2C)CC1. The largest absolute Gasteiger partial charge is 0.369 e. The quantitative estimate of drug-likeness (QED) is 0.707. The summed E-state index contributed by atoms with van der Waals surface area (Å²) in [5.41, 5.74) is 3.48. The minimum atomic E-state index is -2.47. The Kier molecular flexibility index (Phi) is 6.91. The van der Waals surface area contributed by atoms with Crippen molar-refractivity contribution in [3.63, 3.8) is 0 Å². The number of likely N-dealkylation sites (N-methyl/N-ethyl adjacent to an activating group) is 1. The van der Waals surface area contributed by atoms with Crippen LogP contribution in [0.2, 0.25) is 0 Å². The molecule has 0 saturated carbocycles. The van der Waals surface area contributed by atoms with E-state index in [0.717, 1.165) is 44.0 Å². The van der Waals surface area contributed by atoms with E-state index in [-0.39, 0.29) is 5.91 Å². The highest BCUT2D eigenvalue weighted by molar-refractivity contribution is 7.99. The predicted molar refractivity (Wildman–Crippen MR) is 112 cm³/mol. The number of anilines is 2. The minimum absolute atomic E-state index is 0.252. The van der Waals surface area contributed by atoms with Crippen LogP contribution >= 0.6 is 11.8 Å². The van der Waals surface area contributed by atoms with Crippen LogP contribution in [0.1, 0.15) is 22.8 Å². The maximum Gasteiger partial charge on any atom is 0.288 e. The molecule has 2 aromatic carbocycles. The number of halogens is 2. The predicted octanol–water partition coefficient (Wildman–Crippen LogP) is 4.70. The second-order valence-corrected chi connectivity index (χ2v) is 7.84. The summed E-state index contributed by atoms with van der Waals surface area (Å²) >= 11 is 0.469. The molecule has 0 bridgehead atoms. The first-order valence-corrected chi connectivity index (χ1v) is 10.3. The third-order valence-electron chi connectivity index (χ3n) is 4.96. The second-order valence-electron chi connectivity index (χ2n) is 6.78. The van der Waals surface area contributed by atoms with Crippen molar-refractivity contribution >= 4 is 29.0 Å². The number of aryl methyl sites for hydroxylation is 1. The first-order valence-electron chi connectivity index (χ1n) is 9.40. The fourth-order valence-corrected chi connectivity index (χ4v) is 3.88. The molecule has 0 radical (unpaired) electrons. The third kappa shape index (κ3) is 5.23. The molecule has 1 heterocycles. The number of carbonyl (C=O) groups excluding carboxylic acids is 1. The van der Waals surface area contributed by atoms with Crippen LogP contribution in [-0.4, -0.2) is 49.3 Å².